The first-order chi connectivity index (χ1) is 8.75. The Morgan fingerprint density at radius 3 is 2.32 bits per heavy atom. The molecule has 1 aliphatic heterocycles. The second-order valence-electron chi connectivity index (χ2n) is 3.87. The van der Waals surface area contributed by atoms with Gasteiger partial charge in [-0.3, -0.25) is 9.59 Å². The Hall–Kier alpha value is -1.30. The molecule has 0 fully saturated rings. The smallest absolute Gasteiger partial charge is 0.326 e. The van der Waals surface area contributed by atoms with E-state index in [-0.39, 0.29) is 5.69 Å². The third-order valence-electron chi connectivity index (χ3n) is 2.72. The maximum atomic E-state index is 12.1. The van der Waals surface area contributed by atoms with E-state index in [0.717, 1.165) is 0 Å². The van der Waals surface area contributed by atoms with Crippen molar-refractivity contribution in [2.75, 3.05) is 4.90 Å². The van der Waals surface area contributed by atoms with Crippen LogP contribution in [0.4, 0.5) is 10.5 Å². The maximum absolute atomic E-state index is 12.1. The van der Waals surface area contributed by atoms with Gasteiger partial charge in [0.25, 0.3) is 5.91 Å². The number of fused-ring (bicyclic) bond motifs is 1. The molecule has 0 aliphatic carbocycles. The van der Waals surface area contributed by atoms with Crippen LogP contribution in [0.25, 0.3) is 0 Å². The maximum Gasteiger partial charge on any atom is 0.326 e. The number of nitrogens with zero attached hydrogens (tertiary/aromatic N) is 1. The molecule has 0 bridgehead atoms. The van der Waals surface area contributed by atoms with Gasteiger partial charge in [-0.25, -0.2) is 9.69 Å². The first-order valence-electron chi connectivity index (χ1n) is 5.08. The molecule has 1 aliphatic rings. The molecule has 19 heavy (non-hydrogen) atoms. The fourth-order valence-electron chi connectivity index (χ4n) is 1.96. The van der Waals surface area contributed by atoms with Crippen molar-refractivity contribution >= 4 is 58.2 Å². The first kappa shape index (κ1) is 14.1. The topological polar surface area (TPSA) is 80.5 Å². The summed E-state index contributed by atoms with van der Waals surface area (Å²) in [5.41, 5.74) is 5.65. The van der Waals surface area contributed by atoms with Crippen LogP contribution in [0.5, 0.6) is 0 Å². The van der Waals surface area contributed by atoms with E-state index >= 15 is 0 Å². The van der Waals surface area contributed by atoms with Crippen molar-refractivity contribution in [1.29, 1.82) is 0 Å². The van der Waals surface area contributed by atoms with E-state index in [0.29, 0.717) is 10.5 Å². The minimum Gasteiger partial charge on any atom is -0.351 e. The van der Waals surface area contributed by atoms with Crippen LogP contribution in [-0.2, 0) is 9.59 Å². The van der Waals surface area contributed by atoms with Crippen LogP contribution in [0.1, 0.15) is 11.5 Å². The molecule has 3 amide bonds. The van der Waals surface area contributed by atoms with Gasteiger partial charge in [-0.1, -0.05) is 53.0 Å². The highest BCUT2D eigenvalue weighted by molar-refractivity contribution is 6.77. The molecule has 1 aromatic carbocycles. The summed E-state index contributed by atoms with van der Waals surface area (Å²) in [5, 5.41) is 0. The number of hydrogen-bond acceptors (Lipinski definition) is 3. The molecule has 5 nitrogen and oxygen atoms in total. The molecule has 1 unspecified atom stereocenters. The molecule has 0 radical (unpaired) electrons. The van der Waals surface area contributed by atoms with Gasteiger partial charge in [0, 0.05) is 0 Å². The summed E-state index contributed by atoms with van der Waals surface area (Å²) in [5.74, 6) is -3.07. The first-order valence-corrected chi connectivity index (χ1v) is 6.22. The highest BCUT2D eigenvalue weighted by atomic mass is 35.6. The summed E-state index contributed by atoms with van der Waals surface area (Å²) in [6, 6.07) is 5.22. The largest absolute Gasteiger partial charge is 0.351 e. The fraction of sp³-hybridized carbons (Fsp3) is 0.182. The molecular weight excluding hydrogens is 314 g/mol. The lowest BCUT2D eigenvalue weighted by Crippen LogP contribution is -2.42. The van der Waals surface area contributed by atoms with Gasteiger partial charge in [-0.05, 0) is 11.6 Å². The number of halogens is 3. The Bertz CT molecular complexity index is 583. The summed E-state index contributed by atoms with van der Waals surface area (Å²) in [6.45, 7) is 0. The highest BCUT2D eigenvalue weighted by Crippen LogP contribution is 2.42. The van der Waals surface area contributed by atoms with Crippen LogP contribution < -0.4 is 10.6 Å². The third kappa shape index (κ3) is 2.29. The fourth-order valence-corrected chi connectivity index (χ4v) is 2.29. The number of nitrogens with two attached hydrogens (primary N) is 1. The SMILES string of the molecule is NC(=O)N1C(=O)C(C(=O)C(Cl)(Cl)Cl)c2ccccc21. The van der Waals surface area contributed by atoms with Crippen LogP contribution in [0, 0.1) is 0 Å². The minimum atomic E-state index is -2.25. The molecule has 100 valence electrons. The molecule has 0 aromatic heterocycles. The number of carbonyl (C=O) groups excluding carboxylic acids is 3. The molecule has 8 heteroatoms. The van der Waals surface area contributed by atoms with Crippen molar-refractivity contribution in [1.82, 2.24) is 0 Å². The number of hydrogen-bond donors (Lipinski definition) is 1. The van der Waals surface area contributed by atoms with Crippen LogP contribution in [-0.4, -0.2) is 21.5 Å². The molecule has 0 saturated heterocycles. The number of rotatable bonds is 1. The Balaban J connectivity index is 2.57. The summed E-state index contributed by atoms with van der Waals surface area (Å²) in [6.07, 6.45) is 0. The monoisotopic (exact) mass is 320 g/mol. The van der Waals surface area contributed by atoms with Crippen molar-refractivity contribution in [2.24, 2.45) is 5.73 Å². The number of imide groups is 1. The quantitative estimate of drug-likeness (QED) is 0.635. The van der Waals surface area contributed by atoms with E-state index in [9.17, 15) is 14.4 Å². The zero-order chi connectivity index (χ0) is 14.4. The Labute approximate surface area is 123 Å². The number of para-hydroxylation sites is 1. The van der Waals surface area contributed by atoms with Crippen molar-refractivity contribution in [3.05, 3.63) is 29.8 Å². The Kier molecular flexibility index (Phi) is 3.47. The number of amides is 3. The third-order valence-corrected chi connectivity index (χ3v) is 3.28. The predicted octanol–water partition coefficient (Wildman–Crippen LogP) is 2.13. The molecule has 1 heterocycles. The van der Waals surface area contributed by atoms with Crippen molar-refractivity contribution in [3.63, 3.8) is 0 Å². The van der Waals surface area contributed by atoms with Crippen molar-refractivity contribution in [3.8, 4) is 0 Å². The summed E-state index contributed by atoms with van der Waals surface area (Å²) >= 11 is 16.6. The van der Waals surface area contributed by atoms with Gasteiger partial charge >= 0.3 is 6.03 Å². The van der Waals surface area contributed by atoms with E-state index in [1.807, 2.05) is 0 Å². The average molecular weight is 322 g/mol. The van der Waals surface area contributed by atoms with E-state index < -0.39 is 27.4 Å². The molecule has 0 spiro atoms. The van der Waals surface area contributed by atoms with E-state index in [4.69, 9.17) is 40.5 Å². The minimum absolute atomic E-state index is 0.229. The lowest BCUT2D eigenvalue weighted by Gasteiger charge is -2.15. The van der Waals surface area contributed by atoms with E-state index in [2.05, 4.69) is 0 Å². The zero-order valence-electron chi connectivity index (χ0n) is 9.27. The van der Waals surface area contributed by atoms with Crippen LogP contribution in [0.15, 0.2) is 24.3 Å². The summed E-state index contributed by atoms with van der Waals surface area (Å²) < 4.78 is -2.25. The average Bonchev–Trinajstić information content (AvgIpc) is 2.58. The molecule has 2 N–H and O–H groups in total. The highest BCUT2D eigenvalue weighted by Gasteiger charge is 2.49. The van der Waals surface area contributed by atoms with Gasteiger partial charge < -0.3 is 5.73 Å². The molecule has 0 saturated carbocycles. The van der Waals surface area contributed by atoms with Crippen molar-refractivity contribution < 1.29 is 14.4 Å². The summed E-state index contributed by atoms with van der Waals surface area (Å²) in [7, 11) is 0. The van der Waals surface area contributed by atoms with Crippen LogP contribution in [0.3, 0.4) is 0 Å². The van der Waals surface area contributed by atoms with E-state index in [1.54, 1.807) is 12.1 Å². The number of ketones is 1. The number of primary amides is 1. The lowest BCUT2D eigenvalue weighted by atomic mass is 9.97. The number of Topliss-reactive ketones (excluding diaryl/α,β-unsaturated/α-hetero) is 1. The number of anilines is 1. The number of urea groups is 1. The second-order valence-corrected chi connectivity index (χ2v) is 6.15. The van der Waals surface area contributed by atoms with Gasteiger partial charge in [-0.2, -0.15) is 0 Å². The normalized spacial score (nSPS) is 18.4. The summed E-state index contributed by atoms with van der Waals surface area (Å²) in [4.78, 5) is 36.1. The Morgan fingerprint density at radius 2 is 1.79 bits per heavy atom. The van der Waals surface area contributed by atoms with Gasteiger partial charge in [0.2, 0.25) is 9.58 Å². The molecule has 1 atom stereocenters. The van der Waals surface area contributed by atoms with Crippen LogP contribution >= 0.6 is 34.8 Å². The Morgan fingerprint density at radius 1 is 1.21 bits per heavy atom. The van der Waals surface area contributed by atoms with Crippen LogP contribution in [0.2, 0.25) is 0 Å². The van der Waals surface area contributed by atoms with Gasteiger partial charge in [0.05, 0.1) is 5.69 Å². The lowest BCUT2D eigenvalue weighted by molar-refractivity contribution is -0.127. The molecule has 2 rings (SSSR count). The number of benzene rings is 1. The standard InChI is InChI=1S/C11H7Cl3N2O3/c12-11(13,14)8(17)7-5-3-1-2-4-6(5)16(9(7)18)10(15)19/h1-4,7H,(H2,15,19). The van der Waals surface area contributed by atoms with Gasteiger partial charge in [0.1, 0.15) is 5.92 Å². The van der Waals surface area contributed by atoms with Gasteiger partial charge in [0.15, 0.2) is 0 Å². The number of alkyl halides is 3. The van der Waals surface area contributed by atoms with E-state index in [1.165, 1.54) is 12.1 Å². The molecular formula is C11H7Cl3N2O3. The van der Waals surface area contributed by atoms with Crippen molar-refractivity contribution in [2.45, 2.75) is 9.71 Å². The predicted molar refractivity (Wildman–Crippen MR) is 71.5 cm³/mol. The van der Waals surface area contributed by atoms with Gasteiger partial charge in [-0.15, -0.1) is 0 Å². The second kappa shape index (κ2) is 4.67. The molecule has 1 aromatic rings. The number of carbonyl (C=O) groups is 3. The zero-order valence-corrected chi connectivity index (χ0v) is 11.5.